The summed E-state index contributed by atoms with van der Waals surface area (Å²) in [5, 5.41) is 4.25. The number of nitrogens with zero attached hydrogens (tertiary/aromatic N) is 1. The SMILES string of the molecule is CC(OC(=O)CCCC[C@@H]1CCSS1)OC(=O)C(Cc1cccc(S(C)(=O)=O)c1)NC(=O)c1c(Cl)cc2c(c1Cl)CCN(C(=O)c1ccc3ccoc3c1)C2. The zero-order chi connectivity index (χ0) is 39.3. The molecule has 3 atom stereocenters. The van der Waals surface area contributed by atoms with Crippen LogP contribution in [0.25, 0.3) is 11.0 Å². The number of fused-ring (bicyclic) bond motifs is 2. The third kappa shape index (κ3) is 10.4. The Kier molecular flexibility index (Phi) is 13.4. The number of amides is 2. The molecule has 0 bridgehead atoms. The van der Waals surface area contributed by atoms with E-state index >= 15 is 0 Å². The fraction of sp³-hybridized carbons (Fsp3) is 0.385. The largest absolute Gasteiger partial charge is 0.464 e. The fourth-order valence-corrected chi connectivity index (χ4v) is 11.1. The van der Waals surface area contributed by atoms with Gasteiger partial charge in [0.2, 0.25) is 6.29 Å². The molecule has 2 aliphatic heterocycles. The van der Waals surface area contributed by atoms with Crippen molar-refractivity contribution in [3.8, 4) is 0 Å². The molecule has 6 rings (SSSR count). The van der Waals surface area contributed by atoms with Gasteiger partial charge in [-0.25, -0.2) is 13.2 Å². The Bertz CT molecular complexity index is 2210. The summed E-state index contributed by atoms with van der Waals surface area (Å²) in [5.74, 6) is -1.25. The van der Waals surface area contributed by atoms with Crippen LogP contribution in [0.2, 0.25) is 10.0 Å². The Labute approximate surface area is 337 Å². The van der Waals surface area contributed by atoms with Crippen molar-refractivity contribution < 1.29 is 41.5 Å². The van der Waals surface area contributed by atoms with Gasteiger partial charge in [0.15, 0.2) is 9.84 Å². The van der Waals surface area contributed by atoms with Crippen LogP contribution in [0.4, 0.5) is 0 Å². The molecule has 2 aliphatic rings. The van der Waals surface area contributed by atoms with E-state index in [0.29, 0.717) is 52.5 Å². The van der Waals surface area contributed by atoms with Crippen molar-refractivity contribution in [1.29, 1.82) is 0 Å². The van der Waals surface area contributed by atoms with Crippen LogP contribution in [0.5, 0.6) is 0 Å². The zero-order valence-electron chi connectivity index (χ0n) is 30.2. The molecule has 0 saturated carbocycles. The standard InChI is InChI=1S/C39H40Cl2N2O9S3/c1-23(51-34(44)9-4-3-7-28-14-17-53-54-28)52-39(47)32(19-24-6-5-8-29(18-24)55(2,48)49)42-37(45)35-31(40)20-27-22-43(15-12-30(27)36(35)41)38(46)26-11-10-25-13-16-50-33(25)21-26/h5-6,8,10-11,13,16,18,20-21,23,28,32H,3-4,7,9,12,14-15,17,19,22H2,1-2H3,(H,42,45)/t23?,28-,32?/m1/s1. The van der Waals surface area contributed by atoms with Gasteiger partial charge in [0.1, 0.15) is 11.6 Å². The van der Waals surface area contributed by atoms with E-state index in [-0.39, 0.29) is 45.8 Å². The van der Waals surface area contributed by atoms with Crippen LogP contribution in [0, 0.1) is 0 Å². The number of carbonyl (C=O) groups excluding carboxylic acids is 4. The van der Waals surface area contributed by atoms with Crippen molar-refractivity contribution in [2.24, 2.45) is 0 Å². The molecule has 0 aliphatic carbocycles. The molecular weight excluding hydrogens is 808 g/mol. The maximum atomic E-state index is 13.9. The molecule has 4 aromatic rings. The highest BCUT2D eigenvalue weighted by Gasteiger charge is 2.31. The van der Waals surface area contributed by atoms with E-state index in [0.717, 1.165) is 30.2 Å². The number of ether oxygens (including phenoxy) is 2. The molecule has 55 heavy (non-hydrogen) atoms. The van der Waals surface area contributed by atoms with Gasteiger partial charge in [0.05, 0.1) is 26.8 Å². The minimum atomic E-state index is -3.57. The molecule has 0 spiro atoms. The normalized spacial score (nSPS) is 16.7. The van der Waals surface area contributed by atoms with Crippen molar-refractivity contribution in [2.75, 3.05) is 18.6 Å². The van der Waals surface area contributed by atoms with Gasteiger partial charge in [-0.3, -0.25) is 14.4 Å². The number of esters is 2. The number of carbonyl (C=O) groups is 4. The smallest absolute Gasteiger partial charge is 0.332 e. The second kappa shape index (κ2) is 18.1. The summed E-state index contributed by atoms with van der Waals surface area (Å²) in [6, 6.07) is 13.3. The van der Waals surface area contributed by atoms with Gasteiger partial charge in [-0.05, 0) is 78.8 Å². The molecule has 11 nitrogen and oxygen atoms in total. The highest BCUT2D eigenvalue weighted by atomic mass is 35.5. The van der Waals surface area contributed by atoms with Gasteiger partial charge in [0, 0.05) is 61.1 Å². The van der Waals surface area contributed by atoms with Crippen LogP contribution < -0.4 is 5.32 Å². The Hall–Kier alpha value is -3.69. The molecular formula is C39H40Cl2N2O9S3. The highest BCUT2D eigenvalue weighted by Crippen LogP contribution is 2.40. The Morgan fingerprint density at radius 1 is 1.05 bits per heavy atom. The van der Waals surface area contributed by atoms with Gasteiger partial charge in [-0.15, -0.1) is 0 Å². The first-order valence-corrected chi connectivity index (χ1v) is 22.8. The second-order valence-electron chi connectivity index (χ2n) is 13.6. The van der Waals surface area contributed by atoms with Crippen LogP contribution in [0.15, 0.2) is 70.2 Å². The summed E-state index contributed by atoms with van der Waals surface area (Å²) in [6.45, 7) is 1.93. The van der Waals surface area contributed by atoms with Crippen molar-refractivity contribution >= 4 is 89.3 Å². The van der Waals surface area contributed by atoms with E-state index in [9.17, 15) is 27.6 Å². The lowest BCUT2D eigenvalue weighted by atomic mass is 9.95. The number of nitrogens with one attached hydrogen (secondary N) is 1. The van der Waals surface area contributed by atoms with Gasteiger partial charge < -0.3 is 24.1 Å². The van der Waals surface area contributed by atoms with E-state index < -0.39 is 40.0 Å². The molecule has 292 valence electrons. The third-order valence-electron chi connectivity index (χ3n) is 9.44. The average Bonchev–Trinajstić information content (AvgIpc) is 3.84. The van der Waals surface area contributed by atoms with E-state index in [1.165, 1.54) is 31.5 Å². The maximum absolute atomic E-state index is 13.9. The Morgan fingerprint density at radius 3 is 2.64 bits per heavy atom. The van der Waals surface area contributed by atoms with Crippen LogP contribution >= 0.6 is 44.8 Å². The molecule has 1 saturated heterocycles. The Balaban J connectivity index is 1.15. The average molecular weight is 848 g/mol. The lowest BCUT2D eigenvalue weighted by Gasteiger charge is -2.30. The number of hydrogen-bond donors (Lipinski definition) is 1. The molecule has 3 aromatic carbocycles. The van der Waals surface area contributed by atoms with Crippen molar-refractivity contribution in [3.63, 3.8) is 0 Å². The zero-order valence-corrected chi connectivity index (χ0v) is 34.1. The number of hydrogen-bond acceptors (Lipinski definition) is 11. The highest BCUT2D eigenvalue weighted by molar-refractivity contribution is 8.77. The monoisotopic (exact) mass is 846 g/mol. The van der Waals surface area contributed by atoms with Gasteiger partial charge >= 0.3 is 11.9 Å². The Morgan fingerprint density at radius 2 is 1.87 bits per heavy atom. The molecule has 1 aromatic heterocycles. The summed E-state index contributed by atoms with van der Waals surface area (Å²) in [6.07, 6.45) is 5.45. The summed E-state index contributed by atoms with van der Waals surface area (Å²) in [4.78, 5) is 55.2. The maximum Gasteiger partial charge on any atom is 0.332 e. The number of rotatable bonds is 14. The molecule has 1 N–H and O–H groups in total. The molecule has 16 heteroatoms. The van der Waals surface area contributed by atoms with Crippen molar-refractivity contribution in [2.45, 2.75) is 80.9 Å². The number of benzene rings is 3. The molecule has 2 amide bonds. The lowest BCUT2D eigenvalue weighted by Crippen LogP contribution is -2.45. The lowest BCUT2D eigenvalue weighted by molar-refractivity contribution is -0.185. The minimum absolute atomic E-state index is 0.00585. The third-order valence-corrected chi connectivity index (χ3v) is 14.3. The minimum Gasteiger partial charge on any atom is -0.464 e. The molecule has 3 heterocycles. The van der Waals surface area contributed by atoms with E-state index in [2.05, 4.69) is 5.32 Å². The summed E-state index contributed by atoms with van der Waals surface area (Å²) >= 11 is 13.5. The fourth-order valence-electron chi connectivity index (χ4n) is 6.59. The molecule has 2 unspecified atom stereocenters. The van der Waals surface area contributed by atoms with E-state index in [1.807, 2.05) is 33.7 Å². The second-order valence-corrected chi connectivity index (χ2v) is 19.1. The topological polar surface area (TPSA) is 149 Å². The molecule has 1 fully saturated rings. The number of halogens is 2. The first-order valence-electron chi connectivity index (χ1n) is 17.8. The quantitative estimate of drug-likeness (QED) is 0.0573. The van der Waals surface area contributed by atoms with Crippen LogP contribution in [-0.2, 0) is 48.3 Å². The van der Waals surface area contributed by atoms with E-state index in [4.69, 9.17) is 37.1 Å². The van der Waals surface area contributed by atoms with Gasteiger partial charge in [-0.2, -0.15) is 0 Å². The van der Waals surface area contributed by atoms with Gasteiger partial charge in [-0.1, -0.05) is 69.4 Å². The summed E-state index contributed by atoms with van der Waals surface area (Å²) < 4.78 is 40.8. The van der Waals surface area contributed by atoms with Gasteiger partial charge in [0.25, 0.3) is 11.8 Å². The van der Waals surface area contributed by atoms with Crippen molar-refractivity contribution in [3.05, 3.63) is 98.7 Å². The summed E-state index contributed by atoms with van der Waals surface area (Å²) in [7, 11) is 0.185. The molecule has 0 radical (unpaired) electrons. The predicted octanol–water partition coefficient (Wildman–Crippen LogP) is 7.83. The van der Waals surface area contributed by atoms with Crippen molar-refractivity contribution in [1.82, 2.24) is 10.2 Å². The predicted molar refractivity (Wildman–Crippen MR) is 214 cm³/mol. The van der Waals surface area contributed by atoms with Crippen LogP contribution in [0.1, 0.15) is 76.4 Å². The van der Waals surface area contributed by atoms with E-state index in [1.54, 1.807) is 35.4 Å². The first kappa shape index (κ1) is 41.0. The first-order chi connectivity index (χ1) is 26.3. The summed E-state index contributed by atoms with van der Waals surface area (Å²) in [5.41, 5.74) is 2.74. The number of unbranched alkanes of at least 4 members (excludes halogenated alkanes) is 1. The number of sulfone groups is 1. The van der Waals surface area contributed by atoms with Crippen LogP contribution in [-0.4, -0.2) is 73.2 Å². The number of furan rings is 1. The van der Waals surface area contributed by atoms with Crippen LogP contribution in [0.3, 0.4) is 0 Å².